The molecule has 2 nitrogen and oxygen atoms in total. The van der Waals surface area contributed by atoms with Gasteiger partial charge in [-0.1, -0.05) is 42.5 Å². The standard InChI is InChI=1S/C15H11F3O2/c16-15(17,18)12-8-6-11(7-9-12)13(14(19)20)10-4-2-1-3-5-10/h1-9,13H,(H,19,20). The molecule has 0 heterocycles. The van der Waals surface area contributed by atoms with Crippen LogP contribution in [-0.2, 0) is 11.0 Å². The summed E-state index contributed by atoms with van der Waals surface area (Å²) in [4.78, 5) is 11.4. The van der Waals surface area contributed by atoms with Gasteiger partial charge in [-0.05, 0) is 23.3 Å². The lowest BCUT2D eigenvalue weighted by Gasteiger charge is -2.14. The molecule has 0 bridgehead atoms. The first-order valence-electron chi connectivity index (χ1n) is 5.84. The van der Waals surface area contributed by atoms with Crippen molar-refractivity contribution in [3.8, 4) is 0 Å². The van der Waals surface area contributed by atoms with Crippen molar-refractivity contribution in [1.82, 2.24) is 0 Å². The molecular formula is C15H11F3O2. The van der Waals surface area contributed by atoms with E-state index in [4.69, 9.17) is 0 Å². The number of carboxylic acids is 1. The highest BCUT2D eigenvalue weighted by atomic mass is 19.4. The highest BCUT2D eigenvalue weighted by Gasteiger charge is 2.31. The Morgan fingerprint density at radius 3 is 1.85 bits per heavy atom. The quantitative estimate of drug-likeness (QED) is 0.925. The Kier molecular flexibility index (Phi) is 3.79. The van der Waals surface area contributed by atoms with Crippen molar-refractivity contribution in [2.45, 2.75) is 12.1 Å². The molecule has 104 valence electrons. The molecule has 0 saturated carbocycles. The topological polar surface area (TPSA) is 37.3 Å². The van der Waals surface area contributed by atoms with Gasteiger partial charge < -0.3 is 5.11 Å². The van der Waals surface area contributed by atoms with E-state index in [0.717, 1.165) is 12.1 Å². The summed E-state index contributed by atoms with van der Waals surface area (Å²) in [5.41, 5.74) is 0.0508. The molecule has 0 fully saturated rings. The zero-order valence-electron chi connectivity index (χ0n) is 10.3. The third-order valence-electron chi connectivity index (χ3n) is 2.95. The lowest BCUT2D eigenvalue weighted by Crippen LogP contribution is -2.13. The average molecular weight is 280 g/mol. The van der Waals surface area contributed by atoms with E-state index < -0.39 is 23.6 Å². The Morgan fingerprint density at radius 2 is 1.40 bits per heavy atom. The van der Waals surface area contributed by atoms with E-state index in [1.165, 1.54) is 12.1 Å². The Labute approximate surface area is 113 Å². The maximum Gasteiger partial charge on any atom is 0.416 e. The van der Waals surface area contributed by atoms with Gasteiger partial charge in [0.1, 0.15) is 5.92 Å². The predicted molar refractivity (Wildman–Crippen MR) is 67.4 cm³/mol. The van der Waals surface area contributed by atoms with Gasteiger partial charge in [0.05, 0.1) is 5.56 Å². The first kappa shape index (κ1) is 14.1. The van der Waals surface area contributed by atoms with E-state index in [0.29, 0.717) is 11.1 Å². The van der Waals surface area contributed by atoms with Crippen LogP contribution in [0.4, 0.5) is 13.2 Å². The maximum atomic E-state index is 12.5. The summed E-state index contributed by atoms with van der Waals surface area (Å²) < 4.78 is 37.5. The second kappa shape index (κ2) is 5.36. The van der Waals surface area contributed by atoms with E-state index in [1.54, 1.807) is 30.3 Å². The number of aliphatic carboxylic acids is 1. The van der Waals surface area contributed by atoms with Crippen LogP contribution in [0.25, 0.3) is 0 Å². The summed E-state index contributed by atoms with van der Waals surface area (Å²) in [7, 11) is 0. The predicted octanol–water partition coefficient (Wildman–Crippen LogP) is 3.92. The van der Waals surface area contributed by atoms with Gasteiger partial charge in [-0.15, -0.1) is 0 Å². The third kappa shape index (κ3) is 2.99. The lowest BCUT2D eigenvalue weighted by atomic mass is 9.91. The van der Waals surface area contributed by atoms with E-state index in [1.807, 2.05) is 0 Å². The molecule has 0 aliphatic heterocycles. The SMILES string of the molecule is O=C(O)C(c1ccccc1)c1ccc(C(F)(F)F)cc1. The molecule has 2 rings (SSSR count). The second-order valence-electron chi connectivity index (χ2n) is 4.30. The second-order valence-corrected chi connectivity index (χ2v) is 4.30. The van der Waals surface area contributed by atoms with Crippen LogP contribution in [0.15, 0.2) is 54.6 Å². The number of carbonyl (C=O) groups is 1. The number of carboxylic acid groups (broad SMARTS) is 1. The molecule has 20 heavy (non-hydrogen) atoms. The van der Waals surface area contributed by atoms with Crippen LogP contribution in [0.2, 0.25) is 0 Å². The minimum absolute atomic E-state index is 0.316. The molecule has 5 heteroatoms. The van der Waals surface area contributed by atoms with Gasteiger partial charge in [-0.3, -0.25) is 4.79 Å². The van der Waals surface area contributed by atoms with E-state index in [-0.39, 0.29) is 0 Å². The first-order chi connectivity index (χ1) is 9.39. The van der Waals surface area contributed by atoms with Crippen LogP contribution in [0.3, 0.4) is 0 Å². The lowest BCUT2D eigenvalue weighted by molar-refractivity contribution is -0.138. The van der Waals surface area contributed by atoms with Gasteiger partial charge in [0.15, 0.2) is 0 Å². The summed E-state index contributed by atoms with van der Waals surface area (Å²) in [5, 5.41) is 9.29. The smallest absolute Gasteiger partial charge is 0.416 e. The Balaban J connectivity index is 2.39. The van der Waals surface area contributed by atoms with Crippen molar-refractivity contribution in [2.24, 2.45) is 0 Å². The molecule has 2 aromatic rings. The number of halogens is 3. The summed E-state index contributed by atoms with van der Waals surface area (Å²) >= 11 is 0. The summed E-state index contributed by atoms with van der Waals surface area (Å²) in [6.07, 6.45) is -4.43. The summed E-state index contributed by atoms with van der Waals surface area (Å²) in [6.45, 7) is 0. The van der Waals surface area contributed by atoms with Crippen LogP contribution >= 0.6 is 0 Å². The first-order valence-corrected chi connectivity index (χ1v) is 5.84. The number of rotatable bonds is 3. The monoisotopic (exact) mass is 280 g/mol. The molecule has 1 unspecified atom stereocenters. The van der Waals surface area contributed by atoms with Crippen LogP contribution in [0.5, 0.6) is 0 Å². The maximum absolute atomic E-state index is 12.5. The normalized spacial score (nSPS) is 12.9. The van der Waals surface area contributed by atoms with Crippen LogP contribution in [0.1, 0.15) is 22.6 Å². The van der Waals surface area contributed by atoms with Crippen molar-refractivity contribution >= 4 is 5.97 Å². The molecule has 0 spiro atoms. The fourth-order valence-electron chi connectivity index (χ4n) is 1.99. The number of hydrogen-bond acceptors (Lipinski definition) is 1. The van der Waals surface area contributed by atoms with Gasteiger partial charge in [0.2, 0.25) is 0 Å². The summed E-state index contributed by atoms with van der Waals surface area (Å²) in [5.74, 6) is -2.07. The highest BCUT2D eigenvalue weighted by Crippen LogP contribution is 2.31. The van der Waals surface area contributed by atoms with Crippen LogP contribution in [-0.4, -0.2) is 11.1 Å². The summed E-state index contributed by atoms with van der Waals surface area (Å²) in [6, 6.07) is 12.6. The molecule has 1 atom stereocenters. The fourth-order valence-corrected chi connectivity index (χ4v) is 1.99. The molecule has 0 saturated heterocycles. The van der Waals surface area contributed by atoms with Gasteiger partial charge in [-0.25, -0.2) is 0 Å². The molecule has 0 aromatic heterocycles. The van der Waals surface area contributed by atoms with E-state index in [9.17, 15) is 23.1 Å². The Bertz CT molecular complexity index is 589. The van der Waals surface area contributed by atoms with Gasteiger partial charge in [-0.2, -0.15) is 13.2 Å². The zero-order valence-corrected chi connectivity index (χ0v) is 10.3. The van der Waals surface area contributed by atoms with Crippen molar-refractivity contribution in [1.29, 1.82) is 0 Å². The average Bonchev–Trinajstić information content (AvgIpc) is 2.39. The van der Waals surface area contributed by atoms with Gasteiger partial charge >= 0.3 is 12.1 Å². The number of alkyl halides is 3. The van der Waals surface area contributed by atoms with Crippen molar-refractivity contribution in [3.05, 3.63) is 71.3 Å². The molecule has 0 radical (unpaired) electrons. The van der Waals surface area contributed by atoms with E-state index >= 15 is 0 Å². The van der Waals surface area contributed by atoms with Crippen LogP contribution < -0.4 is 0 Å². The van der Waals surface area contributed by atoms with Crippen molar-refractivity contribution in [3.63, 3.8) is 0 Å². The van der Waals surface area contributed by atoms with Crippen LogP contribution in [0, 0.1) is 0 Å². The minimum Gasteiger partial charge on any atom is -0.481 e. The minimum atomic E-state index is -4.43. The largest absolute Gasteiger partial charge is 0.481 e. The Morgan fingerprint density at radius 1 is 0.900 bits per heavy atom. The Hall–Kier alpha value is -2.30. The molecule has 0 aliphatic carbocycles. The molecule has 0 aliphatic rings. The van der Waals surface area contributed by atoms with Crippen molar-refractivity contribution in [2.75, 3.05) is 0 Å². The number of benzene rings is 2. The molecular weight excluding hydrogens is 269 g/mol. The molecule has 2 aromatic carbocycles. The highest BCUT2D eigenvalue weighted by molar-refractivity contribution is 5.80. The van der Waals surface area contributed by atoms with Crippen molar-refractivity contribution < 1.29 is 23.1 Å². The van der Waals surface area contributed by atoms with E-state index in [2.05, 4.69) is 0 Å². The molecule has 0 amide bonds. The third-order valence-corrected chi connectivity index (χ3v) is 2.95. The van der Waals surface area contributed by atoms with Gasteiger partial charge in [0.25, 0.3) is 0 Å². The number of hydrogen-bond donors (Lipinski definition) is 1. The molecule has 1 N–H and O–H groups in total. The zero-order chi connectivity index (χ0) is 14.8. The fraction of sp³-hybridized carbons (Fsp3) is 0.133. The van der Waals surface area contributed by atoms with Gasteiger partial charge in [0, 0.05) is 0 Å².